The van der Waals surface area contributed by atoms with Gasteiger partial charge in [0, 0.05) is 17.8 Å². The molecule has 1 heterocycles. The number of hydrogen-bond acceptors (Lipinski definition) is 2. The van der Waals surface area contributed by atoms with Gasteiger partial charge in [0.2, 0.25) is 0 Å². The van der Waals surface area contributed by atoms with Gasteiger partial charge in [-0.1, -0.05) is 12.1 Å². The van der Waals surface area contributed by atoms with E-state index in [2.05, 4.69) is 23.2 Å². The minimum Gasteiger partial charge on any atom is -0.330 e. The highest BCUT2D eigenvalue weighted by molar-refractivity contribution is 5.81. The Balaban J connectivity index is 2.49. The maximum Gasteiger partial charge on any atom is 0.0346 e. The van der Waals surface area contributed by atoms with E-state index in [9.17, 15) is 0 Å². The minimum absolute atomic E-state index is 0.700. The lowest BCUT2D eigenvalue weighted by Crippen LogP contribution is -2.02. The van der Waals surface area contributed by atoms with Crippen LogP contribution in [0.3, 0.4) is 0 Å². The third-order valence-corrected chi connectivity index (χ3v) is 2.14. The van der Waals surface area contributed by atoms with Crippen molar-refractivity contribution in [3.05, 3.63) is 42.2 Å². The summed E-state index contributed by atoms with van der Waals surface area (Å²) in [5, 5.41) is 2.42. The highest BCUT2D eigenvalue weighted by Gasteiger charge is 1.94. The predicted octanol–water partition coefficient (Wildman–Crippen LogP) is 1.74. The number of pyridine rings is 1. The van der Waals surface area contributed by atoms with Gasteiger partial charge in [-0.25, -0.2) is 0 Å². The molecule has 2 N–H and O–H groups in total. The van der Waals surface area contributed by atoms with Crippen LogP contribution in [0.5, 0.6) is 0 Å². The molecule has 2 nitrogen and oxygen atoms in total. The SMILES string of the molecule is NCCc1ccc2ccncc2c1. The van der Waals surface area contributed by atoms with Crippen molar-refractivity contribution in [3.8, 4) is 0 Å². The highest BCUT2D eigenvalue weighted by Crippen LogP contribution is 2.14. The maximum absolute atomic E-state index is 5.49. The van der Waals surface area contributed by atoms with Crippen LogP contribution in [0.25, 0.3) is 10.8 Å². The number of benzene rings is 1. The average molecular weight is 172 g/mol. The Kier molecular flexibility index (Phi) is 2.23. The molecule has 0 fully saturated rings. The van der Waals surface area contributed by atoms with Crippen molar-refractivity contribution in [1.29, 1.82) is 0 Å². The monoisotopic (exact) mass is 172 g/mol. The second-order valence-corrected chi connectivity index (χ2v) is 3.10. The molecule has 0 saturated heterocycles. The third kappa shape index (κ3) is 1.68. The number of nitrogens with two attached hydrogens (primary N) is 1. The first-order chi connectivity index (χ1) is 6.40. The van der Waals surface area contributed by atoms with Crippen LogP contribution in [-0.4, -0.2) is 11.5 Å². The molecule has 1 aromatic carbocycles. The van der Waals surface area contributed by atoms with Gasteiger partial charge in [-0.3, -0.25) is 4.98 Å². The molecular weight excluding hydrogens is 160 g/mol. The largest absolute Gasteiger partial charge is 0.330 e. The third-order valence-electron chi connectivity index (χ3n) is 2.14. The molecular formula is C11H12N2. The van der Waals surface area contributed by atoms with E-state index in [1.807, 2.05) is 18.5 Å². The number of aromatic nitrogens is 1. The van der Waals surface area contributed by atoms with E-state index < -0.39 is 0 Å². The molecule has 0 aliphatic heterocycles. The van der Waals surface area contributed by atoms with Gasteiger partial charge in [0.25, 0.3) is 0 Å². The quantitative estimate of drug-likeness (QED) is 0.749. The summed E-state index contributed by atoms with van der Waals surface area (Å²) < 4.78 is 0. The van der Waals surface area contributed by atoms with Gasteiger partial charge >= 0.3 is 0 Å². The van der Waals surface area contributed by atoms with E-state index in [-0.39, 0.29) is 0 Å². The maximum atomic E-state index is 5.49. The van der Waals surface area contributed by atoms with E-state index in [4.69, 9.17) is 5.73 Å². The fourth-order valence-electron chi connectivity index (χ4n) is 1.46. The summed E-state index contributed by atoms with van der Waals surface area (Å²) in [6.45, 7) is 0.700. The topological polar surface area (TPSA) is 38.9 Å². The second kappa shape index (κ2) is 3.54. The first kappa shape index (κ1) is 8.20. The predicted molar refractivity (Wildman–Crippen MR) is 54.5 cm³/mol. The van der Waals surface area contributed by atoms with E-state index in [0.29, 0.717) is 6.54 Å². The molecule has 0 atom stereocenters. The van der Waals surface area contributed by atoms with Crippen LogP contribution < -0.4 is 5.73 Å². The summed E-state index contributed by atoms with van der Waals surface area (Å²) in [7, 11) is 0. The van der Waals surface area contributed by atoms with Crippen LogP contribution in [0.15, 0.2) is 36.7 Å². The molecule has 13 heavy (non-hydrogen) atoms. The van der Waals surface area contributed by atoms with Crippen LogP contribution >= 0.6 is 0 Å². The molecule has 0 radical (unpaired) electrons. The normalized spacial score (nSPS) is 10.5. The zero-order valence-corrected chi connectivity index (χ0v) is 7.40. The Morgan fingerprint density at radius 3 is 2.92 bits per heavy atom. The zero-order chi connectivity index (χ0) is 9.10. The minimum atomic E-state index is 0.700. The first-order valence-electron chi connectivity index (χ1n) is 4.43. The summed E-state index contributed by atoms with van der Waals surface area (Å²) in [6, 6.07) is 8.40. The molecule has 2 heteroatoms. The van der Waals surface area contributed by atoms with Gasteiger partial charge in [0.15, 0.2) is 0 Å². The molecule has 2 aromatic rings. The highest BCUT2D eigenvalue weighted by atomic mass is 14.6. The molecule has 0 unspecified atom stereocenters. The van der Waals surface area contributed by atoms with Gasteiger partial charge in [-0.05, 0) is 36.0 Å². The second-order valence-electron chi connectivity index (χ2n) is 3.10. The summed E-state index contributed by atoms with van der Waals surface area (Å²) in [4.78, 5) is 4.08. The molecule has 0 bridgehead atoms. The number of hydrogen-bond donors (Lipinski definition) is 1. The van der Waals surface area contributed by atoms with Crippen molar-refractivity contribution >= 4 is 10.8 Å². The van der Waals surface area contributed by atoms with E-state index in [0.717, 1.165) is 6.42 Å². The number of fused-ring (bicyclic) bond motifs is 1. The van der Waals surface area contributed by atoms with E-state index >= 15 is 0 Å². The molecule has 2 rings (SSSR count). The van der Waals surface area contributed by atoms with Crippen molar-refractivity contribution in [2.24, 2.45) is 5.73 Å². The Hall–Kier alpha value is -1.41. The van der Waals surface area contributed by atoms with Gasteiger partial charge in [-0.15, -0.1) is 0 Å². The van der Waals surface area contributed by atoms with Crippen molar-refractivity contribution in [2.45, 2.75) is 6.42 Å². The molecule has 1 aromatic heterocycles. The average Bonchev–Trinajstić information content (AvgIpc) is 2.18. The van der Waals surface area contributed by atoms with Crippen LogP contribution in [0, 0.1) is 0 Å². The Morgan fingerprint density at radius 1 is 1.15 bits per heavy atom. The van der Waals surface area contributed by atoms with Crippen LogP contribution in [-0.2, 0) is 6.42 Å². The zero-order valence-electron chi connectivity index (χ0n) is 7.40. The van der Waals surface area contributed by atoms with Crippen LogP contribution in [0.2, 0.25) is 0 Å². The summed E-state index contributed by atoms with van der Waals surface area (Å²) >= 11 is 0. The lowest BCUT2D eigenvalue weighted by molar-refractivity contribution is 0.971. The van der Waals surface area contributed by atoms with Gasteiger partial charge < -0.3 is 5.73 Å². The summed E-state index contributed by atoms with van der Waals surface area (Å²) in [6.07, 6.45) is 4.63. The molecule has 0 aliphatic carbocycles. The summed E-state index contributed by atoms with van der Waals surface area (Å²) in [5.41, 5.74) is 6.77. The van der Waals surface area contributed by atoms with Crippen molar-refractivity contribution in [1.82, 2.24) is 4.98 Å². The van der Waals surface area contributed by atoms with Crippen LogP contribution in [0.1, 0.15) is 5.56 Å². The fourth-order valence-corrected chi connectivity index (χ4v) is 1.46. The van der Waals surface area contributed by atoms with Gasteiger partial charge in [-0.2, -0.15) is 0 Å². The van der Waals surface area contributed by atoms with Crippen molar-refractivity contribution < 1.29 is 0 Å². The standard InChI is InChI=1S/C11H12N2/c12-5-3-9-1-2-10-4-6-13-8-11(10)7-9/h1-2,4,6-8H,3,5,12H2. The smallest absolute Gasteiger partial charge is 0.0346 e. The van der Waals surface area contributed by atoms with E-state index in [1.54, 1.807) is 0 Å². The number of nitrogens with zero attached hydrogens (tertiary/aromatic N) is 1. The summed E-state index contributed by atoms with van der Waals surface area (Å²) in [5.74, 6) is 0. The van der Waals surface area contributed by atoms with Gasteiger partial charge in [0.05, 0.1) is 0 Å². The Morgan fingerprint density at radius 2 is 2.08 bits per heavy atom. The Bertz CT molecular complexity index is 410. The lowest BCUT2D eigenvalue weighted by Gasteiger charge is -2.00. The lowest BCUT2D eigenvalue weighted by atomic mass is 10.1. The Labute approximate surface area is 77.4 Å². The van der Waals surface area contributed by atoms with E-state index in [1.165, 1.54) is 16.3 Å². The van der Waals surface area contributed by atoms with Crippen LogP contribution in [0.4, 0.5) is 0 Å². The molecule has 0 aliphatic rings. The first-order valence-corrected chi connectivity index (χ1v) is 4.43. The molecule has 0 amide bonds. The fraction of sp³-hybridized carbons (Fsp3) is 0.182. The van der Waals surface area contributed by atoms with Crippen molar-refractivity contribution in [3.63, 3.8) is 0 Å². The number of rotatable bonds is 2. The van der Waals surface area contributed by atoms with Gasteiger partial charge in [0.1, 0.15) is 0 Å². The molecule has 0 saturated carbocycles. The molecule has 66 valence electrons. The molecule has 0 spiro atoms. The van der Waals surface area contributed by atoms with Crippen molar-refractivity contribution in [2.75, 3.05) is 6.54 Å².